The summed E-state index contributed by atoms with van der Waals surface area (Å²) in [4.78, 5) is 13.5. The topological polar surface area (TPSA) is 61.6 Å². The van der Waals surface area contributed by atoms with Gasteiger partial charge >= 0.3 is 0 Å². The number of rotatable bonds is 5. The Morgan fingerprint density at radius 1 is 1.10 bits per heavy atom. The molecule has 1 aromatic carbocycles. The zero-order valence-electron chi connectivity index (χ0n) is 17.5. The molecular formula is C22H27FIN7. The third-order valence-corrected chi connectivity index (χ3v) is 5.07. The van der Waals surface area contributed by atoms with Crippen LogP contribution in [0.5, 0.6) is 0 Å². The van der Waals surface area contributed by atoms with Crippen LogP contribution in [0.25, 0.3) is 5.82 Å². The number of nitrogens with one attached hydrogen (secondary N) is 1. The van der Waals surface area contributed by atoms with Crippen molar-refractivity contribution in [1.29, 1.82) is 0 Å². The number of guanidine groups is 1. The molecule has 1 fully saturated rings. The summed E-state index contributed by atoms with van der Waals surface area (Å²) in [7, 11) is 0. The predicted octanol–water partition coefficient (Wildman–Crippen LogP) is 3.31. The van der Waals surface area contributed by atoms with E-state index in [4.69, 9.17) is 4.99 Å². The van der Waals surface area contributed by atoms with Crippen LogP contribution in [0, 0.1) is 5.82 Å². The summed E-state index contributed by atoms with van der Waals surface area (Å²) in [5.74, 6) is 1.48. The number of aliphatic imine (C=N–C) groups is 1. The number of para-hydroxylation sites is 1. The number of benzene rings is 1. The van der Waals surface area contributed by atoms with Crippen LogP contribution in [0.4, 0.5) is 10.1 Å². The molecule has 0 radical (unpaired) electrons. The van der Waals surface area contributed by atoms with E-state index >= 15 is 0 Å². The highest BCUT2D eigenvalue weighted by molar-refractivity contribution is 14.0. The standard InChI is InChI=1S/C22H26FN7.HI/c1-2-24-22(26-17-18-8-10-25-21(16-18)30-11-5-9-27-30)29-14-12-28(13-15-29)20-7-4-3-6-19(20)23;/h3-11,16H,2,12-15,17H2,1H3,(H,24,26);1H. The van der Waals surface area contributed by atoms with Gasteiger partial charge in [-0.3, -0.25) is 0 Å². The SMILES string of the molecule is CCNC(=NCc1ccnc(-n2cccn2)c1)N1CCN(c2ccccc2F)CC1.I. The Kier molecular flexibility index (Phi) is 8.21. The summed E-state index contributed by atoms with van der Waals surface area (Å²) < 4.78 is 15.8. The molecule has 1 aliphatic heterocycles. The Morgan fingerprint density at radius 2 is 1.90 bits per heavy atom. The first kappa shape index (κ1) is 23.0. The largest absolute Gasteiger partial charge is 0.366 e. The molecule has 4 rings (SSSR count). The van der Waals surface area contributed by atoms with Crippen molar-refractivity contribution < 1.29 is 4.39 Å². The van der Waals surface area contributed by atoms with Crippen LogP contribution < -0.4 is 10.2 Å². The van der Waals surface area contributed by atoms with Crippen LogP contribution in [-0.4, -0.2) is 58.3 Å². The molecule has 0 aliphatic carbocycles. The molecule has 1 saturated heterocycles. The summed E-state index contributed by atoms with van der Waals surface area (Å²) in [5, 5.41) is 7.61. The monoisotopic (exact) mass is 535 g/mol. The minimum Gasteiger partial charge on any atom is -0.366 e. The summed E-state index contributed by atoms with van der Waals surface area (Å²) >= 11 is 0. The van der Waals surface area contributed by atoms with Gasteiger partial charge in [-0.05, 0) is 42.8 Å². The number of hydrogen-bond acceptors (Lipinski definition) is 4. The molecule has 31 heavy (non-hydrogen) atoms. The molecule has 3 aromatic rings. The lowest BCUT2D eigenvalue weighted by atomic mass is 10.2. The van der Waals surface area contributed by atoms with Crippen molar-refractivity contribution in [3.05, 3.63) is 72.4 Å². The highest BCUT2D eigenvalue weighted by Gasteiger charge is 2.21. The molecule has 0 unspecified atom stereocenters. The van der Waals surface area contributed by atoms with E-state index in [-0.39, 0.29) is 29.8 Å². The second kappa shape index (κ2) is 11.1. The maximum Gasteiger partial charge on any atom is 0.194 e. The molecule has 164 valence electrons. The smallest absolute Gasteiger partial charge is 0.194 e. The van der Waals surface area contributed by atoms with E-state index in [1.165, 1.54) is 6.07 Å². The number of anilines is 1. The average Bonchev–Trinajstić information content (AvgIpc) is 3.33. The third-order valence-electron chi connectivity index (χ3n) is 5.07. The minimum atomic E-state index is -0.169. The predicted molar refractivity (Wildman–Crippen MR) is 132 cm³/mol. The van der Waals surface area contributed by atoms with Gasteiger partial charge in [-0.2, -0.15) is 5.10 Å². The van der Waals surface area contributed by atoms with Gasteiger partial charge in [-0.15, -0.1) is 24.0 Å². The lowest BCUT2D eigenvalue weighted by Crippen LogP contribution is -2.52. The number of halogens is 2. The first-order valence-electron chi connectivity index (χ1n) is 10.2. The van der Waals surface area contributed by atoms with E-state index in [9.17, 15) is 4.39 Å². The van der Waals surface area contributed by atoms with E-state index in [0.717, 1.165) is 50.1 Å². The molecule has 0 amide bonds. The Bertz CT molecular complexity index is 985. The van der Waals surface area contributed by atoms with Crippen molar-refractivity contribution in [3.8, 4) is 5.82 Å². The molecule has 1 N–H and O–H groups in total. The lowest BCUT2D eigenvalue weighted by Gasteiger charge is -2.37. The van der Waals surface area contributed by atoms with E-state index in [0.29, 0.717) is 12.2 Å². The lowest BCUT2D eigenvalue weighted by molar-refractivity contribution is 0.370. The normalized spacial score (nSPS) is 14.3. The summed E-state index contributed by atoms with van der Waals surface area (Å²) in [6.45, 7) is 6.49. The minimum absolute atomic E-state index is 0. The van der Waals surface area contributed by atoms with Crippen molar-refractivity contribution in [2.24, 2.45) is 4.99 Å². The maximum atomic E-state index is 14.1. The quantitative estimate of drug-likeness (QED) is 0.309. The second-order valence-electron chi connectivity index (χ2n) is 7.07. The number of nitrogens with zero attached hydrogens (tertiary/aromatic N) is 6. The Labute approximate surface area is 199 Å². The van der Waals surface area contributed by atoms with Crippen molar-refractivity contribution in [2.45, 2.75) is 13.5 Å². The molecule has 0 bridgehead atoms. The summed E-state index contributed by atoms with van der Waals surface area (Å²) in [6.07, 6.45) is 5.38. The highest BCUT2D eigenvalue weighted by Crippen LogP contribution is 2.20. The molecule has 0 atom stereocenters. The molecule has 2 aromatic heterocycles. The first-order chi connectivity index (χ1) is 14.7. The van der Waals surface area contributed by atoms with Crippen molar-refractivity contribution in [1.82, 2.24) is 25.0 Å². The van der Waals surface area contributed by atoms with Crippen LogP contribution in [-0.2, 0) is 6.54 Å². The molecular weight excluding hydrogens is 508 g/mol. The molecule has 7 nitrogen and oxygen atoms in total. The van der Waals surface area contributed by atoms with Crippen LogP contribution in [0.2, 0.25) is 0 Å². The van der Waals surface area contributed by atoms with Crippen LogP contribution in [0.3, 0.4) is 0 Å². The van der Waals surface area contributed by atoms with Crippen LogP contribution in [0.15, 0.2) is 66.0 Å². The van der Waals surface area contributed by atoms with Crippen LogP contribution in [0.1, 0.15) is 12.5 Å². The van der Waals surface area contributed by atoms with Crippen molar-refractivity contribution >= 4 is 35.6 Å². The van der Waals surface area contributed by atoms with E-state index in [1.54, 1.807) is 23.1 Å². The van der Waals surface area contributed by atoms with Gasteiger partial charge in [0.05, 0.1) is 12.2 Å². The zero-order chi connectivity index (χ0) is 20.8. The van der Waals surface area contributed by atoms with Gasteiger partial charge in [0.25, 0.3) is 0 Å². The second-order valence-corrected chi connectivity index (χ2v) is 7.07. The average molecular weight is 535 g/mol. The Hall–Kier alpha value is -2.69. The van der Waals surface area contributed by atoms with E-state index < -0.39 is 0 Å². The van der Waals surface area contributed by atoms with Gasteiger partial charge in [0.2, 0.25) is 0 Å². The highest BCUT2D eigenvalue weighted by atomic mass is 127. The van der Waals surface area contributed by atoms with Crippen molar-refractivity contribution in [2.75, 3.05) is 37.6 Å². The maximum absolute atomic E-state index is 14.1. The molecule has 9 heteroatoms. The summed E-state index contributed by atoms with van der Waals surface area (Å²) in [5.41, 5.74) is 1.73. The third kappa shape index (κ3) is 5.72. The first-order valence-corrected chi connectivity index (χ1v) is 10.2. The fourth-order valence-corrected chi connectivity index (χ4v) is 3.55. The zero-order valence-corrected chi connectivity index (χ0v) is 19.8. The van der Waals surface area contributed by atoms with Gasteiger partial charge in [0.1, 0.15) is 5.82 Å². The number of piperazine rings is 1. The number of pyridine rings is 1. The van der Waals surface area contributed by atoms with Gasteiger partial charge in [0.15, 0.2) is 11.8 Å². The van der Waals surface area contributed by atoms with Gasteiger partial charge in [0, 0.05) is 51.3 Å². The Balaban J connectivity index is 0.00000272. The summed E-state index contributed by atoms with van der Waals surface area (Å²) in [6, 6.07) is 12.8. The van der Waals surface area contributed by atoms with Crippen molar-refractivity contribution in [3.63, 3.8) is 0 Å². The molecule has 3 heterocycles. The van der Waals surface area contributed by atoms with Crippen LogP contribution >= 0.6 is 24.0 Å². The number of aromatic nitrogens is 3. The van der Waals surface area contributed by atoms with Gasteiger partial charge in [-0.1, -0.05) is 12.1 Å². The van der Waals surface area contributed by atoms with E-state index in [1.807, 2.05) is 36.5 Å². The molecule has 0 saturated carbocycles. The van der Waals surface area contributed by atoms with E-state index in [2.05, 4.69) is 32.1 Å². The fraction of sp³-hybridized carbons (Fsp3) is 0.318. The fourth-order valence-electron chi connectivity index (χ4n) is 3.55. The molecule has 1 aliphatic rings. The molecule has 0 spiro atoms. The Morgan fingerprint density at radius 3 is 2.61 bits per heavy atom. The van der Waals surface area contributed by atoms with Gasteiger partial charge in [-0.25, -0.2) is 19.0 Å². The number of hydrogen-bond donors (Lipinski definition) is 1. The van der Waals surface area contributed by atoms with Gasteiger partial charge < -0.3 is 15.1 Å².